The molecule has 1 aromatic heterocycles. The fourth-order valence-corrected chi connectivity index (χ4v) is 1.39. The van der Waals surface area contributed by atoms with Gasteiger partial charge >= 0.3 is 5.97 Å². The maximum absolute atomic E-state index is 10.6. The molecule has 94 valence electrons. The number of aromatic nitrogens is 1. The van der Waals surface area contributed by atoms with E-state index < -0.39 is 5.97 Å². The highest BCUT2D eigenvalue weighted by Crippen LogP contribution is 2.10. The molecule has 0 atom stereocenters. The van der Waals surface area contributed by atoms with Crippen molar-refractivity contribution in [1.82, 2.24) is 4.98 Å². The molecule has 2 rings (SSSR count). The Bertz CT molecular complexity index is 533. The average molecular weight is 248 g/mol. The van der Waals surface area contributed by atoms with E-state index in [0.717, 1.165) is 17.4 Å². The van der Waals surface area contributed by atoms with Gasteiger partial charge in [-0.05, 0) is 11.1 Å². The Balaban J connectivity index is 1.95. The van der Waals surface area contributed by atoms with Crippen LogP contribution in [-0.4, -0.2) is 21.2 Å². The predicted octanol–water partition coefficient (Wildman–Crippen LogP) is 1.48. The Morgan fingerprint density at radius 1 is 1.28 bits per heavy atom. The maximum Gasteiger partial charge on any atom is 0.357 e. The van der Waals surface area contributed by atoms with Crippen LogP contribution in [0.3, 0.4) is 0 Å². The highest BCUT2D eigenvalue weighted by molar-refractivity contribution is 5.85. The van der Waals surface area contributed by atoms with Crippen molar-refractivity contribution in [2.45, 2.75) is 13.2 Å². The van der Waals surface area contributed by atoms with Crippen LogP contribution in [0.15, 0.2) is 34.9 Å². The number of anilines is 1. The first-order chi connectivity index (χ1) is 8.69. The lowest BCUT2D eigenvalue weighted by Crippen LogP contribution is -2.01. The van der Waals surface area contributed by atoms with Gasteiger partial charge < -0.3 is 19.9 Å². The molecule has 18 heavy (non-hydrogen) atoms. The van der Waals surface area contributed by atoms with Crippen LogP contribution < -0.4 is 5.32 Å². The van der Waals surface area contributed by atoms with Crippen LogP contribution >= 0.6 is 0 Å². The summed E-state index contributed by atoms with van der Waals surface area (Å²) in [5, 5.41) is 20.4. The summed E-state index contributed by atoms with van der Waals surface area (Å²) in [6, 6.07) is 7.52. The molecule has 0 spiro atoms. The van der Waals surface area contributed by atoms with Crippen LogP contribution in [0.25, 0.3) is 0 Å². The van der Waals surface area contributed by atoms with Gasteiger partial charge in [0.05, 0.1) is 6.61 Å². The number of nitrogens with zero attached hydrogens (tertiary/aromatic N) is 1. The molecule has 0 saturated carbocycles. The SMILES string of the molecule is O=C(O)c1coc(NCc2ccc(CO)cc2)n1. The van der Waals surface area contributed by atoms with E-state index in [1.54, 1.807) is 0 Å². The molecule has 0 unspecified atom stereocenters. The highest BCUT2D eigenvalue weighted by atomic mass is 16.4. The van der Waals surface area contributed by atoms with Gasteiger partial charge in [-0.3, -0.25) is 0 Å². The Labute approximate surface area is 103 Å². The quantitative estimate of drug-likeness (QED) is 0.741. The first-order valence-electron chi connectivity index (χ1n) is 5.30. The minimum Gasteiger partial charge on any atom is -0.476 e. The second kappa shape index (κ2) is 5.33. The van der Waals surface area contributed by atoms with Gasteiger partial charge in [-0.2, -0.15) is 4.98 Å². The zero-order chi connectivity index (χ0) is 13.0. The van der Waals surface area contributed by atoms with E-state index in [4.69, 9.17) is 14.6 Å². The highest BCUT2D eigenvalue weighted by Gasteiger charge is 2.09. The molecule has 0 saturated heterocycles. The van der Waals surface area contributed by atoms with Crippen molar-refractivity contribution in [1.29, 1.82) is 0 Å². The number of aliphatic hydroxyl groups excluding tert-OH is 1. The van der Waals surface area contributed by atoms with Crippen molar-refractivity contribution >= 4 is 12.0 Å². The molecule has 0 fully saturated rings. The molecule has 0 aliphatic rings. The summed E-state index contributed by atoms with van der Waals surface area (Å²) in [6.07, 6.45) is 1.08. The largest absolute Gasteiger partial charge is 0.476 e. The van der Waals surface area contributed by atoms with Crippen LogP contribution in [0.1, 0.15) is 21.6 Å². The molecule has 3 N–H and O–H groups in total. The minimum atomic E-state index is -1.13. The van der Waals surface area contributed by atoms with E-state index in [9.17, 15) is 4.79 Å². The number of rotatable bonds is 5. The van der Waals surface area contributed by atoms with E-state index in [-0.39, 0.29) is 18.3 Å². The summed E-state index contributed by atoms with van der Waals surface area (Å²) in [7, 11) is 0. The van der Waals surface area contributed by atoms with Crippen LogP contribution in [0.2, 0.25) is 0 Å². The van der Waals surface area contributed by atoms with Gasteiger partial charge in [0.15, 0.2) is 5.69 Å². The molecular weight excluding hydrogens is 236 g/mol. The fourth-order valence-electron chi connectivity index (χ4n) is 1.39. The van der Waals surface area contributed by atoms with E-state index in [0.29, 0.717) is 6.54 Å². The number of oxazole rings is 1. The van der Waals surface area contributed by atoms with Gasteiger partial charge in [0.1, 0.15) is 6.26 Å². The summed E-state index contributed by atoms with van der Waals surface area (Å²) >= 11 is 0. The van der Waals surface area contributed by atoms with Crippen molar-refractivity contribution in [3.05, 3.63) is 47.3 Å². The van der Waals surface area contributed by atoms with Crippen molar-refractivity contribution in [3.8, 4) is 0 Å². The lowest BCUT2D eigenvalue weighted by Gasteiger charge is -2.02. The van der Waals surface area contributed by atoms with Crippen LogP contribution in [0, 0.1) is 0 Å². The number of carboxylic acids is 1. The van der Waals surface area contributed by atoms with Gasteiger partial charge in [0, 0.05) is 6.54 Å². The van der Waals surface area contributed by atoms with Crippen molar-refractivity contribution in [3.63, 3.8) is 0 Å². The van der Waals surface area contributed by atoms with Crippen LogP contribution in [0.4, 0.5) is 6.01 Å². The predicted molar refractivity (Wildman–Crippen MR) is 63.2 cm³/mol. The Morgan fingerprint density at radius 2 is 1.94 bits per heavy atom. The molecule has 0 amide bonds. The van der Waals surface area contributed by atoms with Crippen LogP contribution in [-0.2, 0) is 13.2 Å². The van der Waals surface area contributed by atoms with Gasteiger partial charge in [-0.1, -0.05) is 24.3 Å². The topological polar surface area (TPSA) is 95.6 Å². The second-order valence-electron chi connectivity index (χ2n) is 3.67. The number of aliphatic hydroxyl groups is 1. The van der Waals surface area contributed by atoms with Crippen molar-refractivity contribution < 1.29 is 19.4 Å². The third-order valence-corrected chi connectivity index (χ3v) is 2.37. The molecule has 1 aromatic carbocycles. The molecule has 1 heterocycles. The number of hydrogen-bond donors (Lipinski definition) is 3. The number of carbonyl (C=O) groups is 1. The van der Waals surface area contributed by atoms with E-state index in [1.165, 1.54) is 0 Å². The van der Waals surface area contributed by atoms with Gasteiger partial charge in [0.25, 0.3) is 6.01 Å². The van der Waals surface area contributed by atoms with Gasteiger partial charge in [0.2, 0.25) is 0 Å². The summed E-state index contributed by atoms with van der Waals surface area (Å²) in [6.45, 7) is 0.473. The Hall–Kier alpha value is -2.34. The normalized spacial score (nSPS) is 10.3. The number of carboxylic acid groups (broad SMARTS) is 1. The summed E-state index contributed by atoms with van der Waals surface area (Å²) in [4.78, 5) is 14.3. The number of aromatic carboxylic acids is 1. The monoisotopic (exact) mass is 248 g/mol. The molecule has 0 aliphatic heterocycles. The number of benzene rings is 1. The summed E-state index contributed by atoms with van der Waals surface area (Å²) in [5.74, 6) is -1.13. The van der Waals surface area contributed by atoms with Crippen LogP contribution in [0.5, 0.6) is 0 Å². The van der Waals surface area contributed by atoms with Crippen molar-refractivity contribution in [2.75, 3.05) is 5.32 Å². The molecule has 0 bridgehead atoms. The Morgan fingerprint density at radius 3 is 2.50 bits per heavy atom. The number of hydrogen-bond acceptors (Lipinski definition) is 5. The van der Waals surface area contributed by atoms with Gasteiger partial charge in [-0.15, -0.1) is 0 Å². The Kier molecular flexibility index (Phi) is 3.59. The molecular formula is C12H12N2O4. The summed E-state index contributed by atoms with van der Waals surface area (Å²) in [5.41, 5.74) is 1.68. The third kappa shape index (κ3) is 2.86. The fraction of sp³-hybridized carbons (Fsp3) is 0.167. The third-order valence-electron chi connectivity index (χ3n) is 2.37. The first kappa shape index (κ1) is 12.1. The van der Waals surface area contributed by atoms with Gasteiger partial charge in [-0.25, -0.2) is 4.79 Å². The molecule has 6 nitrogen and oxygen atoms in total. The maximum atomic E-state index is 10.6. The lowest BCUT2D eigenvalue weighted by atomic mass is 10.1. The second-order valence-corrected chi connectivity index (χ2v) is 3.67. The van der Waals surface area contributed by atoms with Crippen molar-refractivity contribution in [2.24, 2.45) is 0 Å². The van der Waals surface area contributed by atoms with E-state index in [1.807, 2.05) is 24.3 Å². The number of nitrogens with one attached hydrogen (secondary N) is 1. The zero-order valence-electron chi connectivity index (χ0n) is 9.46. The smallest absolute Gasteiger partial charge is 0.357 e. The molecule has 0 aliphatic carbocycles. The van der Waals surface area contributed by atoms with E-state index >= 15 is 0 Å². The summed E-state index contributed by atoms with van der Waals surface area (Å²) < 4.78 is 4.95. The zero-order valence-corrected chi connectivity index (χ0v) is 9.46. The van der Waals surface area contributed by atoms with E-state index in [2.05, 4.69) is 10.3 Å². The lowest BCUT2D eigenvalue weighted by molar-refractivity contribution is 0.0690. The molecule has 6 heteroatoms. The standard InChI is InChI=1S/C12H12N2O4/c15-6-9-3-1-8(2-4-9)5-13-12-14-10(7-18-12)11(16)17/h1-4,7,15H,5-6H2,(H,13,14)(H,16,17). The average Bonchev–Trinajstić information content (AvgIpc) is 2.86. The first-order valence-corrected chi connectivity index (χ1v) is 5.30. The molecule has 0 radical (unpaired) electrons. The minimum absolute atomic E-state index is 0.00934. The molecule has 2 aromatic rings.